The van der Waals surface area contributed by atoms with Gasteiger partial charge in [-0.25, -0.2) is 0 Å². The zero-order valence-electron chi connectivity index (χ0n) is 27.6. The van der Waals surface area contributed by atoms with Crippen LogP contribution in [0, 0.1) is 0 Å². The maximum atomic E-state index is 13.9. The number of ether oxygens (including phenoxy) is 5. The van der Waals surface area contributed by atoms with Crippen LogP contribution in [0.2, 0.25) is 0 Å². The molecule has 0 radical (unpaired) electrons. The van der Waals surface area contributed by atoms with Crippen LogP contribution in [0.4, 0.5) is 0 Å². The topological polar surface area (TPSA) is 339 Å². The lowest BCUT2D eigenvalue weighted by Gasteiger charge is -2.49. The summed E-state index contributed by atoms with van der Waals surface area (Å²) in [6.45, 7) is 0.443. The maximum Gasteiger partial charge on any atom is 0.239 e. The third kappa shape index (κ3) is 7.15. The summed E-state index contributed by atoms with van der Waals surface area (Å²) < 4.78 is 34.2. The smallest absolute Gasteiger partial charge is 0.239 e. The largest absolute Gasteiger partial charge is 0.508 e. The Morgan fingerprint density at radius 1 is 0.717 bits per heavy atom. The average Bonchev–Trinajstić information content (AvgIpc) is 3.12. The number of phenolic OH excluding ortho intramolecular Hbond substituents is 3. The number of aromatic hydroxyl groups is 3. The highest BCUT2D eigenvalue weighted by Gasteiger charge is 2.56. The van der Waals surface area contributed by atoms with Gasteiger partial charge in [-0.2, -0.15) is 0 Å². The molecule has 1 aromatic heterocycles. The Morgan fingerprint density at radius 2 is 1.36 bits per heavy atom. The molecule has 1 unspecified atom stereocenters. The lowest BCUT2D eigenvalue weighted by molar-refractivity contribution is -0.363. The summed E-state index contributed by atoms with van der Waals surface area (Å²) in [5.41, 5.74) is -1.30. The van der Waals surface area contributed by atoms with Gasteiger partial charge in [-0.1, -0.05) is 0 Å². The number of aliphatic hydroxyl groups excluding tert-OH is 10. The molecule has 16 atom stereocenters. The van der Waals surface area contributed by atoms with E-state index in [1.165, 1.54) is 31.2 Å². The van der Waals surface area contributed by atoms with E-state index in [1.54, 1.807) is 0 Å². The molecule has 0 amide bonds. The predicted octanol–water partition coefficient (Wildman–Crippen LogP) is -4.18. The molecule has 4 heterocycles. The predicted molar refractivity (Wildman–Crippen MR) is 171 cm³/mol. The second kappa shape index (κ2) is 15.2. The van der Waals surface area contributed by atoms with Crippen LogP contribution in [0.25, 0.3) is 22.3 Å². The van der Waals surface area contributed by atoms with Gasteiger partial charge in [-0.05, 0) is 31.2 Å². The fourth-order valence-corrected chi connectivity index (χ4v) is 6.57. The van der Waals surface area contributed by atoms with Gasteiger partial charge in [-0.15, -0.1) is 0 Å². The molecule has 0 aliphatic carbocycles. The minimum atomic E-state index is -2.22. The molecule has 0 saturated carbocycles. The van der Waals surface area contributed by atoms with Crippen molar-refractivity contribution in [3.8, 4) is 34.3 Å². The van der Waals surface area contributed by atoms with Crippen LogP contribution in [0.5, 0.6) is 23.0 Å². The van der Waals surface area contributed by atoms with Gasteiger partial charge in [0.1, 0.15) is 108 Å². The highest BCUT2D eigenvalue weighted by Crippen LogP contribution is 2.39. The molecule has 0 spiro atoms. The molecule has 3 aliphatic rings. The zero-order chi connectivity index (χ0) is 38.6. The van der Waals surface area contributed by atoms with E-state index >= 15 is 0 Å². The van der Waals surface area contributed by atoms with Crippen molar-refractivity contribution in [2.45, 2.75) is 105 Å². The van der Waals surface area contributed by atoms with E-state index in [2.05, 4.69) is 0 Å². The quantitative estimate of drug-likeness (QED) is 0.104. The fraction of sp³-hybridized carbons (Fsp3) is 0.545. The SMILES string of the molecule is C[C@@H]1O[C@@H](C(O)[C@H]2O[C@@H](Oc3c(-c4ccc(O)cc4)oc4cc(O)cc(O)c4c3=O)[C@H](O)[C@@H](O)[C@@H]2O[C@@H]2O[C@H](CO)[C@@H](O)[C@H](O)[C@H]2O)[C@H](O)[C@H](O)[C@H]1O. The molecule has 3 fully saturated rings. The number of fused-ring (bicyclic) bond motifs is 1. The summed E-state index contributed by atoms with van der Waals surface area (Å²) in [6, 6.07) is 6.94. The van der Waals surface area contributed by atoms with Gasteiger partial charge >= 0.3 is 0 Å². The van der Waals surface area contributed by atoms with Gasteiger partial charge in [0.15, 0.2) is 12.1 Å². The molecule has 20 heteroatoms. The van der Waals surface area contributed by atoms with Crippen LogP contribution in [0.1, 0.15) is 6.92 Å². The van der Waals surface area contributed by atoms with Crippen molar-refractivity contribution in [1.29, 1.82) is 0 Å². The molecule has 6 rings (SSSR count). The Balaban J connectivity index is 1.41. The zero-order valence-corrected chi connectivity index (χ0v) is 27.6. The standard InChI is InChI=1S/C33H40O20/c1-9-17(38)20(41)22(43)28(48-9)26(47)31-30(52-32-24(45)21(42)18(39)15(8-34)50-32)23(44)25(46)33(53-31)51-29-19(40)16-13(37)6-12(36)7-14(16)49-27(29)10-2-4-11(35)5-3-10/h2-7,9,15,17-18,20-26,28,30-39,41-47H,8H2,1H3/t9-,15+,17-,18+,20+,21-,22+,23+,24+,25+,26?,28+,30-,31+,32-,33+/m0/s1. The first-order valence-electron chi connectivity index (χ1n) is 16.4. The summed E-state index contributed by atoms with van der Waals surface area (Å²) in [6.07, 6.45) is -30.5. The van der Waals surface area contributed by atoms with Gasteiger partial charge in [0.25, 0.3) is 0 Å². The number of aliphatic hydroxyl groups is 10. The second-order valence-corrected chi connectivity index (χ2v) is 13.1. The van der Waals surface area contributed by atoms with E-state index in [9.17, 15) is 71.2 Å². The molecule has 0 bridgehead atoms. The molecule has 292 valence electrons. The molecule has 2 aromatic carbocycles. The molecule has 3 saturated heterocycles. The van der Waals surface area contributed by atoms with E-state index in [4.69, 9.17) is 28.1 Å². The van der Waals surface area contributed by atoms with Crippen LogP contribution in [-0.2, 0) is 18.9 Å². The molecular weight excluding hydrogens is 716 g/mol. The van der Waals surface area contributed by atoms with Crippen LogP contribution >= 0.6 is 0 Å². The first kappa shape index (κ1) is 39.0. The monoisotopic (exact) mass is 756 g/mol. The maximum absolute atomic E-state index is 13.9. The van der Waals surface area contributed by atoms with Crippen molar-refractivity contribution < 1.29 is 94.5 Å². The van der Waals surface area contributed by atoms with Crippen molar-refractivity contribution in [2.24, 2.45) is 0 Å². The Bertz CT molecular complexity index is 1800. The second-order valence-electron chi connectivity index (χ2n) is 13.1. The van der Waals surface area contributed by atoms with Crippen molar-refractivity contribution in [3.63, 3.8) is 0 Å². The molecule has 20 nitrogen and oxygen atoms in total. The number of hydrogen-bond donors (Lipinski definition) is 13. The van der Waals surface area contributed by atoms with Crippen molar-refractivity contribution in [1.82, 2.24) is 0 Å². The number of phenols is 3. The van der Waals surface area contributed by atoms with Gasteiger partial charge in [0, 0.05) is 17.7 Å². The minimum absolute atomic E-state index is 0.0890. The Kier molecular flexibility index (Phi) is 11.2. The molecule has 53 heavy (non-hydrogen) atoms. The molecule has 13 N–H and O–H groups in total. The van der Waals surface area contributed by atoms with Crippen molar-refractivity contribution >= 4 is 11.0 Å². The Morgan fingerprint density at radius 3 is 2.02 bits per heavy atom. The number of benzene rings is 2. The van der Waals surface area contributed by atoms with Crippen LogP contribution in [0.15, 0.2) is 45.6 Å². The number of rotatable bonds is 8. The van der Waals surface area contributed by atoms with Gasteiger partial charge < -0.3 is 94.5 Å². The van der Waals surface area contributed by atoms with Gasteiger partial charge in [0.2, 0.25) is 17.5 Å². The summed E-state index contributed by atoms with van der Waals surface area (Å²) in [5, 5.41) is 137. The summed E-state index contributed by atoms with van der Waals surface area (Å²) in [7, 11) is 0. The normalized spacial score (nSPS) is 38.4. The van der Waals surface area contributed by atoms with Gasteiger partial charge in [0.05, 0.1) is 12.7 Å². The van der Waals surface area contributed by atoms with Crippen LogP contribution in [0.3, 0.4) is 0 Å². The van der Waals surface area contributed by atoms with Gasteiger partial charge in [-0.3, -0.25) is 4.79 Å². The third-order valence-electron chi connectivity index (χ3n) is 9.56. The van der Waals surface area contributed by atoms with E-state index in [-0.39, 0.29) is 22.7 Å². The van der Waals surface area contributed by atoms with Crippen LogP contribution in [-0.4, -0.2) is 171 Å². The third-order valence-corrected chi connectivity index (χ3v) is 9.56. The Labute approximate surface area is 298 Å². The highest BCUT2D eigenvalue weighted by molar-refractivity contribution is 5.88. The van der Waals surface area contributed by atoms with Crippen molar-refractivity contribution in [2.75, 3.05) is 6.61 Å². The fourth-order valence-electron chi connectivity index (χ4n) is 6.57. The van der Waals surface area contributed by atoms with Crippen molar-refractivity contribution in [3.05, 3.63) is 46.6 Å². The van der Waals surface area contributed by atoms with E-state index in [1.807, 2.05) is 0 Å². The Hall–Kier alpha value is -3.71. The average molecular weight is 757 g/mol. The number of hydrogen-bond acceptors (Lipinski definition) is 20. The van der Waals surface area contributed by atoms with Crippen LogP contribution < -0.4 is 10.2 Å². The lowest BCUT2D eigenvalue weighted by atomic mass is 9.86. The highest BCUT2D eigenvalue weighted by atomic mass is 16.7. The molecular formula is C33H40O20. The van der Waals surface area contributed by atoms with E-state index in [0.29, 0.717) is 0 Å². The summed E-state index contributed by atoms with van der Waals surface area (Å²) in [4.78, 5) is 13.9. The molecule has 3 aliphatic heterocycles. The first-order chi connectivity index (χ1) is 25.0. The summed E-state index contributed by atoms with van der Waals surface area (Å²) >= 11 is 0. The lowest BCUT2D eigenvalue weighted by Crippen LogP contribution is -2.69. The van der Waals surface area contributed by atoms with E-state index in [0.717, 1.165) is 12.1 Å². The van der Waals surface area contributed by atoms with E-state index < -0.39 is 133 Å². The first-order valence-corrected chi connectivity index (χ1v) is 16.4. The summed E-state index contributed by atoms with van der Waals surface area (Å²) in [5.74, 6) is -2.51. The molecule has 3 aromatic rings. The minimum Gasteiger partial charge on any atom is -0.508 e.